The molecular formula is C11H12ClNS. The van der Waals surface area contributed by atoms with Gasteiger partial charge in [-0.3, -0.25) is 0 Å². The number of allylic oxidation sites excluding steroid dienone is 4. The van der Waals surface area contributed by atoms with Crippen molar-refractivity contribution in [2.75, 3.05) is 0 Å². The molecule has 0 radical (unpaired) electrons. The minimum absolute atomic E-state index is 0.388. The van der Waals surface area contributed by atoms with E-state index in [9.17, 15) is 0 Å². The van der Waals surface area contributed by atoms with Crippen molar-refractivity contribution >= 4 is 29.0 Å². The normalized spacial score (nSPS) is 27.0. The SMILES string of the molecule is CC1CC(C2CC2)=CC(Cl)=C1N=C=S. The lowest BCUT2D eigenvalue weighted by atomic mass is 9.90. The first-order valence-electron chi connectivity index (χ1n) is 4.90. The Balaban J connectivity index is 2.30. The molecule has 1 unspecified atom stereocenters. The van der Waals surface area contributed by atoms with Gasteiger partial charge in [-0.25, -0.2) is 0 Å². The van der Waals surface area contributed by atoms with Gasteiger partial charge in [0.15, 0.2) is 0 Å². The van der Waals surface area contributed by atoms with E-state index in [2.05, 4.69) is 35.4 Å². The summed E-state index contributed by atoms with van der Waals surface area (Å²) in [5.41, 5.74) is 2.39. The van der Waals surface area contributed by atoms with Crippen LogP contribution in [-0.2, 0) is 0 Å². The number of hydrogen-bond donors (Lipinski definition) is 0. The van der Waals surface area contributed by atoms with Gasteiger partial charge in [0, 0.05) is 5.92 Å². The maximum absolute atomic E-state index is 6.15. The minimum Gasteiger partial charge on any atom is -0.197 e. The Morgan fingerprint density at radius 3 is 2.79 bits per heavy atom. The lowest BCUT2D eigenvalue weighted by molar-refractivity contribution is 0.628. The molecule has 2 aliphatic rings. The third-order valence-electron chi connectivity index (χ3n) is 2.83. The first-order chi connectivity index (χ1) is 6.72. The monoisotopic (exact) mass is 225 g/mol. The van der Waals surface area contributed by atoms with Crippen molar-refractivity contribution in [1.29, 1.82) is 0 Å². The van der Waals surface area contributed by atoms with E-state index in [1.165, 1.54) is 18.4 Å². The molecule has 0 saturated heterocycles. The molecule has 0 aromatic heterocycles. The second-order valence-electron chi connectivity index (χ2n) is 4.03. The van der Waals surface area contributed by atoms with Gasteiger partial charge < -0.3 is 0 Å². The van der Waals surface area contributed by atoms with E-state index in [1.807, 2.05) is 0 Å². The van der Waals surface area contributed by atoms with Gasteiger partial charge in [0.05, 0.1) is 15.9 Å². The van der Waals surface area contributed by atoms with Crippen LogP contribution in [0.25, 0.3) is 0 Å². The zero-order valence-corrected chi connectivity index (χ0v) is 9.66. The number of hydrogen-bond acceptors (Lipinski definition) is 2. The number of rotatable bonds is 2. The molecular weight excluding hydrogens is 214 g/mol. The fourth-order valence-electron chi connectivity index (χ4n) is 1.93. The average molecular weight is 226 g/mol. The summed E-state index contributed by atoms with van der Waals surface area (Å²) in [5, 5.41) is 3.15. The number of thiocarbonyl (C=S) groups is 1. The molecule has 74 valence electrons. The van der Waals surface area contributed by atoms with E-state index in [0.29, 0.717) is 5.92 Å². The van der Waals surface area contributed by atoms with Gasteiger partial charge in [-0.2, -0.15) is 4.99 Å². The summed E-state index contributed by atoms with van der Waals surface area (Å²) in [7, 11) is 0. The first kappa shape index (κ1) is 10.1. The lowest BCUT2D eigenvalue weighted by Crippen LogP contribution is -2.07. The Morgan fingerprint density at radius 2 is 2.29 bits per heavy atom. The number of isothiocyanates is 1. The van der Waals surface area contributed by atoms with Crippen molar-refractivity contribution in [3.8, 4) is 0 Å². The van der Waals surface area contributed by atoms with Crippen molar-refractivity contribution in [3.05, 3.63) is 22.4 Å². The minimum atomic E-state index is 0.388. The largest absolute Gasteiger partial charge is 0.197 e. The van der Waals surface area contributed by atoms with Crippen molar-refractivity contribution < 1.29 is 0 Å². The molecule has 1 fully saturated rings. The smallest absolute Gasteiger partial charge is 0.0730 e. The lowest BCUT2D eigenvalue weighted by Gasteiger charge is -2.19. The second kappa shape index (κ2) is 3.98. The molecule has 0 aliphatic heterocycles. The van der Waals surface area contributed by atoms with Crippen LogP contribution in [0, 0.1) is 11.8 Å². The predicted molar refractivity (Wildman–Crippen MR) is 62.5 cm³/mol. The van der Waals surface area contributed by atoms with E-state index >= 15 is 0 Å². The maximum Gasteiger partial charge on any atom is 0.0730 e. The van der Waals surface area contributed by atoms with Crippen LogP contribution in [0.15, 0.2) is 27.4 Å². The van der Waals surface area contributed by atoms with Crippen molar-refractivity contribution in [1.82, 2.24) is 0 Å². The standard InChI is InChI=1S/C11H12ClNS/c1-7-4-9(8-2-3-8)5-10(12)11(7)13-6-14/h5,7-8H,2-4H2,1H3. The molecule has 2 rings (SSSR count). The highest BCUT2D eigenvalue weighted by molar-refractivity contribution is 7.78. The molecule has 0 amide bonds. The molecule has 1 nitrogen and oxygen atoms in total. The van der Waals surface area contributed by atoms with E-state index in [1.54, 1.807) is 0 Å². The topological polar surface area (TPSA) is 12.4 Å². The second-order valence-corrected chi connectivity index (χ2v) is 4.62. The Morgan fingerprint density at radius 1 is 1.57 bits per heavy atom. The predicted octanol–water partition coefficient (Wildman–Crippen LogP) is 3.92. The van der Waals surface area contributed by atoms with E-state index in [4.69, 9.17) is 11.6 Å². The van der Waals surface area contributed by atoms with Gasteiger partial charge >= 0.3 is 0 Å². The molecule has 0 aromatic rings. The molecule has 1 atom stereocenters. The summed E-state index contributed by atoms with van der Waals surface area (Å²) < 4.78 is 0. The van der Waals surface area contributed by atoms with E-state index in [-0.39, 0.29) is 0 Å². The van der Waals surface area contributed by atoms with Crippen LogP contribution in [0.1, 0.15) is 26.2 Å². The quantitative estimate of drug-likeness (QED) is 0.513. The van der Waals surface area contributed by atoms with Gasteiger partial charge in [0.1, 0.15) is 0 Å². The van der Waals surface area contributed by atoms with Gasteiger partial charge in [0.2, 0.25) is 0 Å². The molecule has 0 heterocycles. The van der Waals surface area contributed by atoms with Crippen LogP contribution in [-0.4, -0.2) is 5.16 Å². The van der Waals surface area contributed by atoms with Crippen molar-refractivity contribution in [3.63, 3.8) is 0 Å². The third-order valence-corrected chi connectivity index (χ3v) is 3.23. The molecule has 0 spiro atoms. The Bertz CT molecular complexity index is 359. The Kier molecular flexibility index (Phi) is 2.87. The highest BCUT2D eigenvalue weighted by Gasteiger charge is 2.30. The third kappa shape index (κ3) is 1.98. The zero-order chi connectivity index (χ0) is 10.1. The van der Waals surface area contributed by atoms with E-state index in [0.717, 1.165) is 23.1 Å². The molecule has 0 bridgehead atoms. The van der Waals surface area contributed by atoms with Crippen LogP contribution < -0.4 is 0 Å². The Hall–Kier alpha value is -0.430. The van der Waals surface area contributed by atoms with Crippen LogP contribution in [0.5, 0.6) is 0 Å². The number of halogens is 1. The molecule has 14 heavy (non-hydrogen) atoms. The molecule has 0 N–H and O–H groups in total. The maximum atomic E-state index is 6.15. The van der Waals surface area contributed by atoms with Crippen LogP contribution in [0.3, 0.4) is 0 Å². The average Bonchev–Trinajstić information content (AvgIpc) is 2.93. The van der Waals surface area contributed by atoms with Crippen molar-refractivity contribution in [2.45, 2.75) is 26.2 Å². The first-order valence-corrected chi connectivity index (χ1v) is 5.69. The zero-order valence-electron chi connectivity index (χ0n) is 8.09. The van der Waals surface area contributed by atoms with Crippen LogP contribution in [0.2, 0.25) is 0 Å². The molecule has 0 aromatic carbocycles. The summed E-state index contributed by atoms with van der Waals surface area (Å²) in [4.78, 5) is 4.03. The van der Waals surface area contributed by atoms with Crippen molar-refractivity contribution in [2.24, 2.45) is 16.8 Å². The summed E-state index contributed by atoms with van der Waals surface area (Å²) in [6.45, 7) is 2.14. The summed E-state index contributed by atoms with van der Waals surface area (Å²) in [5.74, 6) is 1.18. The van der Waals surface area contributed by atoms with Crippen LogP contribution >= 0.6 is 23.8 Å². The summed E-state index contributed by atoms with van der Waals surface area (Å²) in [6.07, 6.45) is 5.81. The highest BCUT2D eigenvalue weighted by atomic mass is 35.5. The molecule has 2 aliphatic carbocycles. The summed E-state index contributed by atoms with van der Waals surface area (Å²) >= 11 is 10.7. The highest BCUT2D eigenvalue weighted by Crippen LogP contribution is 2.44. The fraction of sp³-hybridized carbons (Fsp3) is 0.545. The van der Waals surface area contributed by atoms with Gasteiger partial charge in [-0.1, -0.05) is 24.1 Å². The van der Waals surface area contributed by atoms with Gasteiger partial charge in [-0.05, 0) is 43.5 Å². The molecule has 3 heteroatoms. The van der Waals surface area contributed by atoms with Gasteiger partial charge in [0.25, 0.3) is 0 Å². The van der Waals surface area contributed by atoms with E-state index < -0.39 is 0 Å². The number of aliphatic imine (C=N–C) groups is 1. The molecule has 1 saturated carbocycles. The van der Waals surface area contributed by atoms with Crippen LogP contribution in [0.4, 0.5) is 0 Å². The van der Waals surface area contributed by atoms with Gasteiger partial charge in [-0.15, -0.1) is 0 Å². The summed E-state index contributed by atoms with van der Waals surface area (Å²) in [6, 6.07) is 0. The Labute approximate surface area is 94.6 Å². The number of nitrogens with zero attached hydrogens (tertiary/aromatic N) is 1. The fourth-order valence-corrected chi connectivity index (χ4v) is 2.40.